The van der Waals surface area contributed by atoms with Crippen LogP contribution < -0.4 is 20.7 Å². The fourth-order valence-corrected chi connectivity index (χ4v) is 3.20. The SMILES string of the molecule is CN1C(=O)[C@H](NC(N)=O)Cc2ccc(C(F)F)c(Oc3cc(F)ccc3Cl)c21. The second-order valence-electron chi connectivity index (χ2n) is 6.13. The lowest BCUT2D eigenvalue weighted by atomic mass is 9.95. The molecule has 10 heteroatoms. The summed E-state index contributed by atoms with van der Waals surface area (Å²) < 4.78 is 46.3. The Kier molecular flexibility index (Phi) is 5.37. The van der Waals surface area contributed by atoms with Gasteiger partial charge >= 0.3 is 6.03 Å². The number of nitrogens with zero attached hydrogens (tertiary/aromatic N) is 1. The molecular weight excluding hydrogens is 399 g/mol. The molecule has 0 bridgehead atoms. The van der Waals surface area contributed by atoms with Crippen LogP contribution in [0.25, 0.3) is 0 Å². The lowest BCUT2D eigenvalue weighted by Crippen LogP contribution is -2.53. The number of urea groups is 1. The van der Waals surface area contributed by atoms with Gasteiger partial charge in [0.2, 0.25) is 5.91 Å². The maximum absolute atomic E-state index is 13.6. The summed E-state index contributed by atoms with van der Waals surface area (Å²) in [5.74, 6) is -1.71. The molecular formula is C18H15ClF3N3O3. The number of primary amides is 1. The number of fused-ring (bicyclic) bond motifs is 1. The van der Waals surface area contributed by atoms with Gasteiger partial charge in [0.15, 0.2) is 5.75 Å². The third-order valence-electron chi connectivity index (χ3n) is 4.29. The van der Waals surface area contributed by atoms with Gasteiger partial charge in [-0.15, -0.1) is 0 Å². The minimum atomic E-state index is -2.92. The number of anilines is 1. The van der Waals surface area contributed by atoms with E-state index >= 15 is 0 Å². The molecule has 0 aliphatic carbocycles. The number of rotatable bonds is 4. The van der Waals surface area contributed by atoms with Gasteiger partial charge in [-0.05, 0) is 23.8 Å². The molecule has 3 rings (SSSR count). The molecule has 0 spiro atoms. The number of hydrogen-bond donors (Lipinski definition) is 2. The predicted octanol–water partition coefficient (Wildman–Crippen LogP) is 3.76. The molecule has 1 aliphatic heterocycles. The van der Waals surface area contributed by atoms with E-state index in [4.69, 9.17) is 22.1 Å². The van der Waals surface area contributed by atoms with Gasteiger partial charge in [0.25, 0.3) is 6.43 Å². The van der Waals surface area contributed by atoms with Crippen LogP contribution in [0.2, 0.25) is 5.02 Å². The summed E-state index contributed by atoms with van der Waals surface area (Å²) in [7, 11) is 1.35. The van der Waals surface area contributed by atoms with Crippen molar-refractivity contribution in [2.45, 2.75) is 18.9 Å². The first-order valence-corrected chi connectivity index (χ1v) is 8.47. The summed E-state index contributed by atoms with van der Waals surface area (Å²) in [5.41, 5.74) is 5.15. The third kappa shape index (κ3) is 3.70. The average molecular weight is 414 g/mol. The molecule has 2 aromatic carbocycles. The van der Waals surface area contributed by atoms with Crippen LogP contribution in [0.5, 0.6) is 11.5 Å². The molecule has 0 saturated carbocycles. The minimum Gasteiger partial charge on any atom is -0.453 e. The fourth-order valence-electron chi connectivity index (χ4n) is 3.04. The summed E-state index contributed by atoms with van der Waals surface area (Å²) in [6.45, 7) is 0. The zero-order chi connectivity index (χ0) is 20.6. The molecule has 0 unspecified atom stereocenters. The monoisotopic (exact) mass is 413 g/mol. The zero-order valence-corrected chi connectivity index (χ0v) is 15.3. The molecule has 0 saturated heterocycles. The van der Waals surface area contributed by atoms with E-state index in [2.05, 4.69) is 5.32 Å². The first-order valence-electron chi connectivity index (χ1n) is 8.09. The maximum Gasteiger partial charge on any atom is 0.312 e. The van der Waals surface area contributed by atoms with Gasteiger partial charge in [0, 0.05) is 19.5 Å². The van der Waals surface area contributed by atoms with Crippen molar-refractivity contribution in [3.8, 4) is 11.5 Å². The summed E-state index contributed by atoms with van der Waals surface area (Å²) in [5, 5.41) is 2.33. The minimum absolute atomic E-state index is 0.0114. The Morgan fingerprint density at radius 1 is 1.36 bits per heavy atom. The van der Waals surface area contributed by atoms with Crippen molar-refractivity contribution in [1.82, 2.24) is 5.32 Å². The van der Waals surface area contributed by atoms with Crippen LogP contribution in [0.15, 0.2) is 30.3 Å². The number of likely N-dealkylation sites (N-methyl/N-ethyl adjacent to an activating group) is 1. The van der Waals surface area contributed by atoms with Crippen molar-refractivity contribution >= 4 is 29.2 Å². The summed E-state index contributed by atoms with van der Waals surface area (Å²) in [6.07, 6.45) is -2.89. The number of carbonyl (C=O) groups excluding carboxylic acids is 2. The summed E-state index contributed by atoms with van der Waals surface area (Å²) >= 11 is 5.99. The van der Waals surface area contributed by atoms with E-state index in [0.717, 1.165) is 23.1 Å². The van der Waals surface area contributed by atoms with Crippen LogP contribution in [0.4, 0.5) is 23.7 Å². The van der Waals surface area contributed by atoms with Gasteiger partial charge in [-0.25, -0.2) is 18.0 Å². The number of ether oxygens (including phenoxy) is 1. The molecule has 0 aromatic heterocycles. The Labute approximate surface area is 163 Å². The van der Waals surface area contributed by atoms with Gasteiger partial charge in [-0.1, -0.05) is 17.7 Å². The van der Waals surface area contributed by atoms with E-state index in [-0.39, 0.29) is 28.6 Å². The van der Waals surface area contributed by atoms with Crippen molar-refractivity contribution in [3.63, 3.8) is 0 Å². The van der Waals surface area contributed by atoms with Crippen LogP contribution >= 0.6 is 11.6 Å². The van der Waals surface area contributed by atoms with E-state index in [1.807, 2.05) is 0 Å². The van der Waals surface area contributed by atoms with Crippen molar-refractivity contribution in [2.24, 2.45) is 5.73 Å². The average Bonchev–Trinajstić information content (AvgIpc) is 2.61. The standard InChI is InChI=1S/C18H15ClF3N3O3/c1-25-14-8(6-12(17(25)26)24-18(23)27)2-4-10(16(21)22)15(14)28-13-7-9(20)3-5-11(13)19/h2-5,7,12,16H,6H2,1H3,(H3,23,24,27)/t12-/m1/s1. The Morgan fingerprint density at radius 3 is 2.71 bits per heavy atom. The molecule has 1 atom stereocenters. The van der Waals surface area contributed by atoms with Gasteiger partial charge in [0.1, 0.15) is 17.6 Å². The smallest absolute Gasteiger partial charge is 0.312 e. The van der Waals surface area contributed by atoms with Gasteiger partial charge in [0.05, 0.1) is 16.3 Å². The third-order valence-corrected chi connectivity index (χ3v) is 4.60. The van der Waals surface area contributed by atoms with E-state index in [1.54, 1.807) is 0 Å². The predicted molar refractivity (Wildman–Crippen MR) is 96.5 cm³/mol. The lowest BCUT2D eigenvalue weighted by Gasteiger charge is -2.33. The molecule has 3 amide bonds. The van der Waals surface area contributed by atoms with E-state index in [9.17, 15) is 22.8 Å². The molecule has 0 radical (unpaired) electrons. The Morgan fingerprint density at radius 2 is 2.07 bits per heavy atom. The normalized spacial score (nSPS) is 16.1. The lowest BCUT2D eigenvalue weighted by molar-refractivity contribution is -0.120. The Bertz CT molecular complexity index is 955. The van der Waals surface area contributed by atoms with Gasteiger partial charge in [-0.2, -0.15) is 0 Å². The summed E-state index contributed by atoms with van der Waals surface area (Å²) in [6, 6.07) is 4.01. The number of nitrogens with two attached hydrogens (primary N) is 1. The first kappa shape index (κ1) is 19.8. The molecule has 2 aromatic rings. The molecule has 0 fully saturated rings. The number of halogens is 4. The Hall–Kier alpha value is -2.94. The first-order chi connectivity index (χ1) is 13.2. The van der Waals surface area contributed by atoms with Crippen LogP contribution in [0, 0.1) is 5.82 Å². The van der Waals surface area contributed by atoms with Crippen LogP contribution in [-0.2, 0) is 11.2 Å². The van der Waals surface area contributed by atoms with Crippen molar-refractivity contribution in [2.75, 3.05) is 11.9 Å². The second-order valence-corrected chi connectivity index (χ2v) is 6.54. The number of benzene rings is 2. The quantitative estimate of drug-likeness (QED) is 0.800. The molecule has 6 nitrogen and oxygen atoms in total. The number of alkyl halides is 2. The highest BCUT2D eigenvalue weighted by atomic mass is 35.5. The maximum atomic E-state index is 13.6. The highest BCUT2D eigenvalue weighted by Gasteiger charge is 2.35. The second kappa shape index (κ2) is 7.59. The number of nitrogens with one attached hydrogen (secondary N) is 1. The zero-order valence-electron chi connectivity index (χ0n) is 14.5. The fraction of sp³-hybridized carbons (Fsp3) is 0.222. The van der Waals surface area contributed by atoms with Crippen molar-refractivity contribution in [3.05, 3.63) is 52.3 Å². The van der Waals surface area contributed by atoms with Crippen LogP contribution in [-0.4, -0.2) is 25.0 Å². The molecule has 148 valence electrons. The molecule has 28 heavy (non-hydrogen) atoms. The van der Waals surface area contributed by atoms with E-state index in [0.29, 0.717) is 5.56 Å². The van der Waals surface area contributed by atoms with E-state index in [1.165, 1.54) is 19.2 Å². The number of amides is 3. The molecule has 3 N–H and O–H groups in total. The summed E-state index contributed by atoms with van der Waals surface area (Å²) in [4.78, 5) is 24.8. The Balaban J connectivity index is 2.13. The van der Waals surface area contributed by atoms with Crippen LogP contribution in [0.3, 0.4) is 0 Å². The molecule has 1 aliphatic rings. The van der Waals surface area contributed by atoms with Gasteiger partial charge in [-0.3, -0.25) is 4.79 Å². The topological polar surface area (TPSA) is 84.7 Å². The highest BCUT2D eigenvalue weighted by Crippen LogP contribution is 2.45. The van der Waals surface area contributed by atoms with Crippen LogP contribution in [0.1, 0.15) is 17.6 Å². The van der Waals surface area contributed by atoms with Crippen molar-refractivity contribution < 1.29 is 27.5 Å². The number of carbonyl (C=O) groups is 2. The largest absolute Gasteiger partial charge is 0.453 e. The van der Waals surface area contributed by atoms with Gasteiger partial charge < -0.3 is 20.7 Å². The molecule has 1 heterocycles. The number of hydrogen-bond acceptors (Lipinski definition) is 3. The highest BCUT2D eigenvalue weighted by molar-refractivity contribution is 6.32. The van der Waals surface area contributed by atoms with E-state index < -0.39 is 35.8 Å². The van der Waals surface area contributed by atoms with Crippen molar-refractivity contribution in [1.29, 1.82) is 0 Å².